The first-order valence-electron chi connectivity index (χ1n) is 9.46. The highest BCUT2D eigenvalue weighted by molar-refractivity contribution is 5.92. The molecule has 26 heavy (non-hydrogen) atoms. The van der Waals surface area contributed by atoms with E-state index >= 15 is 0 Å². The maximum absolute atomic E-state index is 12.9. The summed E-state index contributed by atoms with van der Waals surface area (Å²) < 4.78 is 1.86. The fraction of sp³-hybridized carbons (Fsp3) is 0.526. The second kappa shape index (κ2) is 7.55. The molecule has 1 aromatic carbocycles. The topological polar surface area (TPSA) is 89.1 Å². The predicted molar refractivity (Wildman–Crippen MR) is 98.6 cm³/mol. The number of piperazine rings is 1. The molecule has 0 unspecified atom stereocenters. The minimum absolute atomic E-state index is 0.0359. The summed E-state index contributed by atoms with van der Waals surface area (Å²) in [6, 6.07) is 11.0. The highest BCUT2D eigenvalue weighted by Crippen LogP contribution is 2.27. The smallest absolute Gasteiger partial charge is 0.276 e. The predicted octanol–water partition coefficient (Wildman–Crippen LogP) is 1.51. The molecule has 1 saturated carbocycles. The first kappa shape index (κ1) is 17.2. The average Bonchev–Trinajstić information content (AvgIpc) is 3.19. The van der Waals surface area contributed by atoms with E-state index in [4.69, 9.17) is 5.73 Å². The highest BCUT2D eigenvalue weighted by Gasteiger charge is 2.28. The van der Waals surface area contributed by atoms with Crippen molar-refractivity contribution in [1.82, 2.24) is 25.2 Å². The summed E-state index contributed by atoms with van der Waals surface area (Å²) in [5.74, 6) is -0.0359. The third-order valence-corrected chi connectivity index (χ3v) is 5.51. The lowest BCUT2D eigenvalue weighted by molar-refractivity contribution is 0.0697. The van der Waals surface area contributed by atoms with Crippen molar-refractivity contribution in [2.75, 3.05) is 19.6 Å². The van der Waals surface area contributed by atoms with Crippen LogP contribution in [0.4, 0.5) is 0 Å². The van der Waals surface area contributed by atoms with Crippen LogP contribution >= 0.6 is 0 Å². The summed E-state index contributed by atoms with van der Waals surface area (Å²) >= 11 is 0. The van der Waals surface area contributed by atoms with Gasteiger partial charge in [-0.2, -0.15) is 0 Å². The Labute approximate surface area is 153 Å². The summed E-state index contributed by atoms with van der Waals surface area (Å²) in [5.41, 5.74) is 7.61. The molecule has 3 N–H and O–H groups in total. The zero-order chi connectivity index (χ0) is 17.9. The fourth-order valence-electron chi connectivity index (χ4n) is 3.92. The van der Waals surface area contributed by atoms with Gasteiger partial charge in [0.25, 0.3) is 5.91 Å². The van der Waals surface area contributed by atoms with Crippen LogP contribution in [0.5, 0.6) is 0 Å². The fourth-order valence-corrected chi connectivity index (χ4v) is 3.92. The monoisotopic (exact) mass is 354 g/mol. The molecule has 2 fully saturated rings. The molecule has 1 aromatic heterocycles. The molecule has 7 heteroatoms. The second-order valence-electron chi connectivity index (χ2n) is 7.32. The molecule has 1 aliphatic carbocycles. The molecule has 4 rings (SSSR count). The number of carbonyl (C=O) groups is 1. The van der Waals surface area contributed by atoms with Gasteiger partial charge in [0.1, 0.15) is 0 Å². The van der Waals surface area contributed by atoms with Crippen molar-refractivity contribution in [3.05, 3.63) is 47.8 Å². The Hall–Kier alpha value is -2.25. The molecule has 2 heterocycles. The number of nitrogens with two attached hydrogens (primary N) is 1. The SMILES string of the molecule is NC1CCC(n2cc(C(=O)N3CCN[C@H](c4ccccc4)C3)nn2)CC1. The lowest BCUT2D eigenvalue weighted by Crippen LogP contribution is -2.48. The Morgan fingerprint density at radius 3 is 2.69 bits per heavy atom. The van der Waals surface area contributed by atoms with Crippen molar-refractivity contribution in [3.8, 4) is 0 Å². The zero-order valence-corrected chi connectivity index (χ0v) is 14.9. The Morgan fingerprint density at radius 1 is 1.15 bits per heavy atom. The second-order valence-corrected chi connectivity index (χ2v) is 7.32. The maximum Gasteiger partial charge on any atom is 0.276 e. The van der Waals surface area contributed by atoms with Crippen molar-refractivity contribution in [2.45, 2.75) is 43.8 Å². The first-order chi connectivity index (χ1) is 12.7. The van der Waals surface area contributed by atoms with E-state index in [-0.39, 0.29) is 11.9 Å². The molecule has 1 saturated heterocycles. The first-order valence-corrected chi connectivity index (χ1v) is 9.46. The van der Waals surface area contributed by atoms with Crippen LogP contribution in [0.3, 0.4) is 0 Å². The molecule has 0 radical (unpaired) electrons. The molecule has 0 bridgehead atoms. The van der Waals surface area contributed by atoms with E-state index in [0.29, 0.717) is 30.9 Å². The molecule has 2 aliphatic rings. The van der Waals surface area contributed by atoms with Gasteiger partial charge >= 0.3 is 0 Å². The van der Waals surface area contributed by atoms with Crippen LogP contribution in [0.25, 0.3) is 0 Å². The molecule has 7 nitrogen and oxygen atoms in total. The number of benzene rings is 1. The molecular weight excluding hydrogens is 328 g/mol. The minimum atomic E-state index is -0.0359. The summed E-state index contributed by atoms with van der Waals surface area (Å²) in [6.45, 7) is 2.11. The third-order valence-electron chi connectivity index (χ3n) is 5.51. The number of hydrogen-bond acceptors (Lipinski definition) is 5. The number of hydrogen-bond donors (Lipinski definition) is 2. The van der Waals surface area contributed by atoms with Gasteiger partial charge in [0.2, 0.25) is 0 Å². The molecule has 1 atom stereocenters. The number of rotatable bonds is 3. The van der Waals surface area contributed by atoms with E-state index in [2.05, 4.69) is 27.8 Å². The Bertz CT molecular complexity index is 737. The van der Waals surface area contributed by atoms with Crippen LogP contribution in [0.1, 0.15) is 53.8 Å². The number of amides is 1. The van der Waals surface area contributed by atoms with Crippen molar-refractivity contribution in [3.63, 3.8) is 0 Å². The van der Waals surface area contributed by atoms with Crippen LogP contribution in [0.15, 0.2) is 36.5 Å². The standard InChI is InChI=1S/C19H26N6O/c20-15-6-8-16(9-7-15)25-13-18(22-23-25)19(26)24-11-10-21-17(12-24)14-4-2-1-3-5-14/h1-5,13,15-17,21H,6-12,20H2/t15?,16?,17-/m0/s1. The van der Waals surface area contributed by atoms with Crippen LogP contribution in [0.2, 0.25) is 0 Å². The van der Waals surface area contributed by atoms with Crippen LogP contribution in [-0.4, -0.2) is 51.5 Å². The minimum Gasteiger partial charge on any atom is -0.334 e. The zero-order valence-electron chi connectivity index (χ0n) is 14.9. The van der Waals surface area contributed by atoms with Gasteiger partial charge in [0.15, 0.2) is 5.69 Å². The summed E-state index contributed by atoms with van der Waals surface area (Å²) in [4.78, 5) is 14.8. The molecule has 1 aliphatic heterocycles. The van der Waals surface area contributed by atoms with Crippen LogP contribution < -0.4 is 11.1 Å². The summed E-state index contributed by atoms with van der Waals surface area (Å²) in [6.07, 6.45) is 5.82. The van der Waals surface area contributed by atoms with Crippen LogP contribution in [-0.2, 0) is 0 Å². The van der Waals surface area contributed by atoms with Gasteiger partial charge in [0, 0.05) is 31.7 Å². The van der Waals surface area contributed by atoms with Gasteiger partial charge in [-0.3, -0.25) is 4.79 Å². The van der Waals surface area contributed by atoms with Crippen molar-refractivity contribution >= 4 is 5.91 Å². The van der Waals surface area contributed by atoms with Gasteiger partial charge in [-0.25, -0.2) is 4.68 Å². The maximum atomic E-state index is 12.9. The van der Waals surface area contributed by atoms with E-state index in [0.717, 1.165) is 32.2 Å². The van der Waals surface area contributed by atoms with Gasteiger partial charge in [-0.05, 0) is 31.2 Å². The van der Waals surface area contributed by atoms with Gasteiger partial charge in [-0.1, -0.05) is 35.5 Å². The largest absolute Gasteiger partial charge is 0.334 e. The lowest BCUT2D eigenvalue weighted by Gasteiger charge is -2.33. The van der Waals surface area contributed by atoms with Gasteiger partial charge in [-0.15, -0.1) is 5.10 Å². The number of carbonyl (C=O) groups excluding carboxylic acids is 1. The Balaban J connectivity index is 1.42. The van der Waals surface area contributed by atoms with E-state index in [1.54, 1.807) is 0 Å². The average molecular weight is 354 g/mol. The molecule has 0 spiro atoms. The molecule has 1 amide bonds. The van der Waals surface area contributed by atoms with Crippen molar-refractivity contribution in [1.29, 1.82) is 0 Å². The normalized spacial score (nSPS) is 26.7. The van der Waals surface area contributed by atoms with E-state index < -0.39 is 0 Å². The summed E-state index contributed by atoms with van der Waals surface area (Å²) in [5, 5.41) is 11.9. The highest BCUT2D eigenvalue weighted by atomic mass is 16.2. The quantitative estimate of drug-likeness (QED) is 0.872. The van der Waals surface area contributed by atoms with Crippen LogP contribution in [0, 0.1) is 0 Å². The number of aromatic nitrogens is 3. The van der Waals surface area contributed by atoms with Gasteiger partial charge in [0.05, 0.1) is 12.2 Å². The molecule has 138 valence electrons. The van der Waals surface area contributed by atoms with E-state index in [1.807, 2.05) is 34.0 Å². The lowest BCUT2D eigenvalue weighted by atomic mass is 9.92. The molecular formula is C19H26N6O. The van der Waals surface area contributed by atoms with E-state index in [9.17, 15) is 4.79 Å². The molecule has 2 aromatic rings. The third kappa shape index (κ3) is 3.64. The number of nitrogens with zero attached hydrogens (tertiary/aromatic N) is 4. The van der Waals surface area contributed by atoms with Gasteiger partial charge < -0.3 is 16.0 Å². The Morgan fingerprint density at radius 2 is 1.92 bits per heavy atom. The summed E-state index contributed by atoms with van der Waals surface area (Å²) in [7, 11) is 0. The van der Waals surface area contributed by atoms with Crippen molar-refractivity contribution in [2.24, 2.45) is 5.73 Å². The Kier molecular flexibility index (Phi) is 4.99. The van der Waals surface area contributed by atoms with E-state index in [1.165, 1.54) is 5.56 Å². The van der Waals surface area contributed by atoms with Crippen molar-refractivity contribution < 1.29 is 4.79 Å². The number of nitrogens with one attached hydrogen (secondary N) is 1.